The largest absolute Gasteiger partial charge is 0.416 e. The summed E-state index contributed by atoms with van der Waals surface area (Å²) in [5, 5.41) is 13.3. The number of aliphatic imine (C=N–C) groups is 1. The molecule has 0 aliphatic rings. The maximum absolute atomic E-state index is 12.9. The van der Waals surface area contributed by atoms with Gasteiger partial charge in [0.2, 0.25) is 5.96 Å². The van der Waals surface area contributed by atoms with Gasteiger partial charge in [-0.2, -0.15) is 31.6 Å². The van der Waals surface area contributed by atoms with Crippen LogP contribution in [-0.4, -0.2) is 5.96 Å². The van der Waals surface area contributed by atoms with E-state index in [1.165, 1.54) is 30.5 Å². The molecule has 2 aromatic rings. The molecule has 0 radical (unpaired) electrons. The molecule has 2 N–H and O–H groups in total. The smallest absolute Gasteiger partial charge is 0.325 e. The minimum atomic E-state index is -5.00. The summed E-state index contributed by atoms with van der Waals surface area (Å²) in [7, 11) is 0. The molecule has 2 aromatic carbocycles. The van der Waals surface area contributed by atoms with Crippen molar-refractivity contribution in [2.24, 2.45) is 4.99 Å². The van der Waals surface area contributed by atoms with Gasteiger partial charge >= 0.3 is 12.4 Å². The van der Waals surface area contributed by atoms with E-state index in [-0.39, 0.29) is 17.7 Å². The molecule has 4 nitrogen and oxygen atoms in total. The number of rotatable bonds is 2. The highest BCUT2D eigenvalue weighted by Crippen LogP contribution is 2.37. The van der Waals surface area contributed by atoms with Gasteiger partial charge in [-0.25, -0.2) is 4.99 Å². The summed E-state index contributed by atoms with van der Waals surface area (Å²) < 4.78 is 77.4. The van der Waals surface area contributed by atoms with E-state index in [0.717, 1.165) is 0 Å². The van der Waals surface area contributed by atoms with Crippen molar-refractivity contribution in [1.29, 1.82) is 5.26 Å². The van der Waals surface area contributed by atoms with Crippen LogP contribution in [0.3, 0.4) is 0 Å². The third-order valence-electron chi connectivity index (χ3n) is 3.07. The second-order valence-electron chi connectivity index (χ2n) is 5.10. The first-order chi connectivity index (χ1) is 12.5. The van der Waals surface area contributed by atoms with Gasteiger partial charge in [0.25, 0.3) is 0 Å². The predicted octanol–water partition coefficient (Wildman–Crippen LogP) is 5.55. The number of nitriles is 1. The highest BCUT2D eigenvalue weighted by Gasteiger charge is 2.37. The second-order valence-corrected chi connectivity index (χ2v) is 5.53. The number of hydrogen-bond acceptors (Lipinski definition) is 2. The van der Waals surface area contributed by atoms with Gasteiger partial charge in [-0.3, -0.25) is 5.32 Å². The summed E-state index contributed by atoms with van der Waals surface area (Å²) in [6.07, 6.45) is -8.50. The molecule has 0 spiro atoms. The van der Waals surface area contributed by atoms with Gasteiger partial charge in [0, 0.05) is 10.7 Å². The van der Waals surface area contributed by atoms with Gasteiger partial charge in [-0.15, -0.1) is 0 Å². The number of alkyl halides is 6. The van der Waals surface area contributed by atoms with E-state index in [1.807, 2.05) is 0 Å². The van der Waals surface area contributed by atoms with Crippen molar-refractivity contribution in [2.45, 2.75) is 12.4 Å². The van der Waals surface area contributed by atoms with Crippen molar-refractivity contribution in [3.63, 3.8) is 0 Å². The van der Waals surface area contributed by atoms with Crippen LogP contribution in [0.5, 0.6) is 0 Å². The van der Waals surface area contributed by atoms with E-state index in [1.54, 1.807) is 0 Å². The van der Waals surface area contributed by atoms with Crippen molar-refractivity contribution in [3.05, 3.63) is 58.6 Å². The summed E-state index contributed by atoms with van der Waals surface area (Å²) in [4.78, 5) is 3.91. The van der Waals surface area contributed by atoms with Gasteiger partial charge in [-0.1, -0.05) is 17.7 Å². The molecule has 142 valence electrons. The average Bonchev–Trinajstić information content (AvgIpc) is 2.53. The molecule has 0 saturated heterocycles. The Morgan fingerprint density at radius 1 is 0.963 bits per heavy atom. The van der Waals surface area contributed by atoms with Gasteiger partial charge in [0.15, 0.2) is 6.19 Å². The Morgan fingerprint density at radius 3 is 2.04 bits per heavy atom. The van der Waals surface area contributed by atoms with Gasteiger partial charge in [-0.05, 0) is 36.4 Å². The zero-order valence-corrected chi connectivity index (χ0v) is 13.8. The summed E-state index contributed by atoms with van der Waals surface area (Å²) in [5.41, 5.74) is -3.34. The summed E-state index contributed by atoms with van der Waals surface area (Å²) >= 11 is 5.78. The van der Waals surface area contributed by atoms with Crippen molar-refractivity contribution in [1.82, 2.24) is 5.32 Å². The van der Waals surface area contributed by atoms with E-state index >= 15 is 0 Å². The first kappa shape index (κ1) is 20.4. The summed E-state index contributed by atoms with van der Waals surface area (Å²) in [5.74, 6) is -0.382. The molecule has 0 aliphatic heterocycles. The molecule has 2 rings (SSSR count). The maximum atomic E-state index is 12.9. The third-order valence-corrected chi connectivity index (χ3v) is 3.31. The van der Waals surface area contributed by atoms with Crippen LogP contribution in [0.25, 0.3) is 0 Å². The van der Waals surface area contributed by atoms with Crippen LogP contribution >= 0.6 is 11.6 Å². The molecule has 0 heterocycles. The van der Waals surface area contributed by atoms with Crippen LogP contribution in [0.1, 0.15) is 11.1 Å². The van der Waals surface area contributed by atoms with Crippen molar-refractivity contribution in [3.8, 4) is 6.19 Å². The zero-order valence-electron chi connectivity index (χ0n) is 13.1. The van der Waals surface area contributed by atoms with Crippen LogP contribution in [0.2, 0.25) is 5.02 Å². The number of halogens is 7. The molecule has 0 aliphatic carbocycles. The zero-order chi connectivity index (χ0) is 20.2. The van der Waals surface area contributed by atoms with Crippen molar-refractivity contribution < 1.29 is 26.3 Å². The fourth-order valence-corrected chi connectivity index (χ4v) is 2.16. The monoisotopic (exact) mass is 406 g/mol. The molecule has 0 atom stereocenters. The highest BCUT2D eigenvalue weighted by atomic mass is 35.5. The molecule has 0 saturated carbocycles. The summed E-state index contributed by atoms with van der Waals surface area (Å²) in [6.45, 7) is 0. The number of hydrogen-bond donors (Lipinski definition) is 2. The Bertz CT molecular complexity index is 867. The Morgan fingerprint density at radius 2 is 1.56 bits per heavy atom. The molecule has 0 aromatic heterocycles. The molecule has 0 bridgehead atoms. The first-order valence-electron chi connectivity index (χ1n) is 7.05. The average molecular weight is 407 g/mol. The Hall–Kier alpha value is -2.93. The SMILES string of the molecule is N#CNC(=Nc1cccc(Cl)c1)Nc1cc(C(F)(F)F)cc(C(F)(F)F)c1. The second kappa shape index (κ2) is 7.75. The number of guanidine groups is 1. The fraction of sp³-hybridized carbons (Fsp3) is 0.125. The topological polar surface area (TPSA) is 60.2 Å². The lowest BCUT2D eigenvalue weighted by atomic mass is 10.1. The van der Waals surface area contributed by atoms with E-state index < -0.39 is 29.2 Å². The molecular weight excluding hydrogens is 398 g/mol. The standard InChI is InChI=1S/C16H9ClF6N4/c17-11-2-1-3-12(7-11)26-14(25-8-24)27-13-5-9(15(18,19)20)4-10(6-13)16(21,22)23/h1-7H,(H2,25,26,27). The van der Waals surface area contributed by atoms with Gasteiger partial charge < -0.3 is 5.32 Å². The molecule has 0 fully saturated rings. The van der Waals surface area contributed by atoms with Crippen LogP contribution in [0.15, 0.2) is 47.5 Å². The highest BCUT2D eigenvalue weighted by molar-refractivity contribution is 6.30. The Balaban J connectivity index is 2.47. The molecule has 0 amide bonds. The van der Waals surface area contributed by atoms with E-state index in [2.05, 4.69) is 15.6 Å². The molecule has 0 unspecified atom stereocenters. The minimum Gasteiger partial charge on any atom is -0.325 e. The molecule has 11 heteroatoms. The number of nitrogens with zero attached hydrogens (tertiary/aromatic N) is 2. The maximum Gasteiger partial charge on any atom is 0.416 e. The summed E-state index contributed by atoms with van der Waals surface area (Å²) in [6, 6.07) is 6.86. The first-order valence-corrected chi connectivity index (χ1v) is 7.43. The van der Waals surface area contributed by atoms with Crippen LogP contribution in [0, 0.1) is 11.5 Å². The number of benzene rings is 2. The third kappa shape index (κ3) is 5.79. The van der Waals surface area contributed by atoms with E-state index in [0.29, 0.717) is 17.2 Å². The Labute approximate surface area is 154 Å². The molecular formula is C16H9ClF6N4. The predicted molar refractivity (Wildman–Crippen MR) is 87.4 cm³/mol. The van der Waals surface area contributed by atoms with E-state index in [4.69, 9.17) is 16.9 Å². The van der Waals surface area contributed by atoms with Crippen LogP contribution in [0.4, 0.5) is 37.7 Å². The van der Waals surface area contributed by atoms with Crippen molar-refractivity contribution in [2.75, 3.05) is 5.32 Å². The Kier molecular flexibility index (Phi) is 5.85. The quantitative estimate of drug-likeness (QED) is 0.226. The van der Waals surface area contributed by atoms with Gasteiger partial charge in [0.1, 0.15) is 0 Å². The van der Waals surface area contributed by atoms with E-state index in [9.17, 15) is 26.3 Å². The van der Waals surface area contributed by atoms with Crippen LogP contribution in [-0.2, 0) is 12.4 Å². The number of anilines is 1. The minimum absolute atomic E-state index is 0.00329. The lowest BCUT2D eigenvalue weighted by molar-refractivity contribution is -0.143. The molecule has 27 heavy (non-hydrogen) atoms. The van der Waals surface area contributed by atoms with Crippen molar-refractivity contribution >= 4 is 28.9 Å². The van der Waals surface area contributed by atoms with Crippen LogP contribution < -0.4 is 10.6 Å². The van der Waals surface area contributed by atoms with Gasteiger partial charge in [0.05, 0.1) is 16.8 Å². The lowest BCUT2D eigenvalue weighted by Gasteiger charge is -2.15. The number of nitrogens with one attached hydrogen (secondary N) is 2. The lowest BCUT2D eigenvalue weighted by Crippen LogP contribution is -2.27. The normalized spacial score (nSPS) is 12.4. The fourth-order valence-electron chi connectivity index (χ4n) is 1.98.